The molecule has 0 aliphatic carbocycles. The van der Waals surface area contributed by atoms with E-state index in [1.807, 2.05) is 11.8 Å². The molecule has 14 heavy (non-hydrogen) atoms. The van der Waals surface area contributed by atoms with Crippen LogP contribution in [0.25, 0.3) is 0 Å². The zero-order chi connectivity index (χ0) is 10.8. The highest BCUT2D eigenvalue weighted by molar-refractivity contribution is 5.79. The van der Waals surface area contributed by atoms with Crippen molar-refractivity contribution in [2.24, 2.45) is 16.9 Å². The van der Waals surface area contributed by atoms with Gasteiger partial charge in [-0.05, 0) is 19.9 Å². The number of hydrogen-bond donors (Lipinski definition) is 2. The molecule has 2 unspecified atom stereocenters. The molecule has 1 fully saturated rings. The van der Waals surface area contributed by atoms with Gasteiger partial charge < -0.3 is 11.5 Å². The van der Waals surface area contributed by atoms with E-state index in [0.717, 1.165) is 13.0 Å². The van der Waals surface area contributed by atoms with Crippen LogP contribution in [-0.4, -0.2) is 36.5 Å². The lowest BCUT2D eigenvalue weighted by Gasteiger charge is -2.19. The maximum atomic E-state index is 10.7. The first-order chi connectivity index (χ1) is 6.47. The monoisotopic (exact) mass is 196 g/mol. The number of nitrogens with two attached hydrogens (primary N) is 2. The van der Waals surface area contributed by atoms with Gasteiger partial charge in [-0.2, -0.15) is 5.26 Å². The molecule has 78 valence electrons. The predicted molar refractivity (Wildman–Crippen MR) is 51.9 cm³/mol. The molecule has 0 radical (unpaired) electrons. The number of rotatable bonds is 3. The minimum absolute atomic E-state index is 0.294. The number of nitrogens with zero attached hydrogens (tertiary/aromatic N) is 2. The van der Waals surface area contributed by atoms with Crippen LogP contribution in [0, 0.1) is 16.7 Å². The molecule has 0 bridgehead atoms. The molecule has 5 nitrogen and oxygen atoms in total. The lowest BCUT2D eigenvalue weighted by molar-refractivity contribution is -0.119. The van der Waals surface area contributed by atoms with E-state index < -0.39 is 11.9 Å². The maximum absolute atomic E-state index is 10.7. The molecule has 1 heterocycles. The molecular formula is C9H16N4O. The van der Waals surface area contributed by atoms with E-state index in [-0.39, 0.29) is 5.41 Å². The zero-order valence-corrected chi connectivity index (χ0v) is 8.36. The summed E-state index contributed by atoms with van der Waals surface area (Å²) in [5.41, 5.74) is 10.3. The number of carbonyl (C=O) groups is 1. The summed E-state index contributed by atoms with van der Waals surface area (Å²) in [6.45, 7) is 3.85. The van der Waals surface area contributed by atoms with Crippen molar-refractivity contribution in [1.82, 2.24) is 4.90 Å². The quantitative estimate of drug-likeness (QED) is 0.607. The summed E-state index contributed by atoms with van der Waals surface area (Å²) in [5.74, 6) is -0.490. The van der Waals surface area contributed by atoms with Crippen LogP contribution >= 0.6 is 0 Å². The Bertz CT molecular complexity index is 272. The van der Waals surface area contributed by atoms with E-state index in [2.05, 4.69) is 6.07 Å². The van der Waals surface area contributed by atoms with Crippen LogP contribution in [0.5, 0.6) is 0 Å². The highest BCUT2D eigenvalue weighted by atomic mass is 16.1. The lowest BCUT2D eigenvalue weighted by atomic mass is 9.92. The van der Waals surface area contributed by atoms with Gasteiger partial charge in [0.15, 0.2) is 0 Å². The summed E-state index contributed by atoms with van der Waals surface area (Å²) < 4.78 is 0. The van der Waals surface area contributed by atoms with Gasteiger partial charge >= 0.3 is 0 Å². The Kier molecular flexibility index (Phi) is 3.09. The first kappa shape index (κ1) is 11.0. The summed E-state index contributed by atoms with van der Waals surface area (Å²) in [6.07, 6.45) is 0.828. The number of amides is 1. The molecule has 0 saturated carbocycles. The molecule has 2 atom stereocenters. The van der Waals surface area contributed by atoms with Crippen molar-refractivity contribution in [1.29, 1.82) is 5.26 Å². The molecule has 5 heteroatoms. The number of primary amides is 1. The van der Waals surface area contributed by atoms with Crippen molar-refractivity contribution in [2.45, 2.75) is 19.4 Å². The van der Waals surface area contributed by atoms with Gasteiger partial charge in [0.25, 0.3) is 0 Å². The van der Waals surface area contributed by atoms with E-state index in [4.69, 9.17) is 16.7 Å². The van der Waals surface area contributed by atoms with Crippen molar-refractivity contribution in [3.63, 3.8) is 0 Å². The van der Waals surface area contributed by atoms with Crippen LogP contribution in [0.15, 0.2) is 0 Å². The largest absolute Gasteiger partial charge is 0.368 e. The average Bonchev–Trinajstić information content (AvgIpc) is 2.48. The second-order valence-electron chi connectivity index (χ2n) is 4.17. The molecule has 1 saturated heterocycles. The maximum Gasteiger partial charge on any atom is 0.235 e. The van der Waals surface area contributed by atoms with Gasteiger partial charge in [-0.1, -0.05) is 0 Å². The standard InChI is InChI=1S/C9H16N4O/c1-9(5-10)2-3-13(6-9)4-7(11)8(12)14/h7H,2-4,6,11H2,1H3,(H2,12,14). The second kappa shape index (κ2) is 3.95. The van der Waals surface area contributed by atoms with Crippen LogP contribution in [-0.2, 0) is 4.79 Å². The molecule has 0 aromatic heterocycles. The van der Waals surface area contributed by atoms with Crippen molar-refractivity contribution in [2.75, 3.05) is 19.6 Å². The molecule has 1 amide bonds. The minimum atomic E-state index is -0.629. The van der Waals surface area contributed by atoms with Crippen molar-refractivity contribution < 1.29 is 4.79 Å². The van der Waals surface area contributed by atoms with Crippen molar-refractivity contribution in [3.8, 4) is 6.07 Å². The highest BCUT2D eigenvalue weighted by Gasteiger charge is 2.34. The molecule has 4 N–H and O–H groups in total. The fourth-order valence-electron chi connectivity index (χ4n) is 1.67. The minimum Gasteiger partial charge on any atom is -0.368 e. The topological polar surface area (TPSA) is 96.1 Å². The van der Waals surface area contributed by atoms with Gasteiger partial charge in [0.1, 0.15) is 0 Å². The smallest absolute Gasteiger partial charge is 0.235 e. The van der Waals surface area contributed by atoms with Crippen LogP contribution in [0.2, 0.25) is 0 Å². The number of carbonyl (C=O) groups excluding carboxylic acids is 1. The Balaban J connectivity index is 2.45. The first-order valence-corrected chi connectivity index (χ1v) is 4.65. The molecule has 1 aliphatic heterocycles. The third-order valence-electron chi connectivity index (χ3n) is 2.64. The van der Waals surface area contributed by atoms with E-state index in [1.54, 1.807) is 0 Å². The van der Waals surface area contributed by atoms with Crippen LogP contribution in [0.4, 0.5) is 0 Å². The van der Waals surface area contributed by atoms with Crippen LogP contribution < -0.4 is 11.5 Å². The third-order valence-corrected chi connectivity index (χ3v) is 2.64. The SMILES string of the molecule is CC1(C#N)CCN(CC(N)C(N)=O)C1. The molecular weight excluding hydrogens is 180 g/mol. The van der Waals surface area contributed by atoms with Crippen molar-refractivity contribution >= 4 is 5.91 Å². The van der Waals surface area contributed by atoms with Gasteiger partial charge in [0.05, 0.1) is 17.5 Å². The van der Waals surface area contributed by atoms with Gasteiger partial charge in [-0.25, -0.2) is 0 Å². The van der Waals surface area contributed by atoms with E-state index in [1.165, 1.54) is 0 Å². The third kappa shape index (κ3) is 2.44. The van der Waals surface area contributed by atoms with Gasteiger partial charge in [-0.15, -0.1) is 0 Å². The molecule has 1 aliphatic rings. The first-order valence-electron chi connectivity index (χ1n) is 4.65. The summed E-state index contributed by atoms with van der Waals surface area (Å²) >= 11 is 0. The highest BCUT2D eigenvalue weighted by Crippen LogP contribution is 2.28. The van der Waals surface area contributed by atoms with E-state index in [9.17, 15) is 4.79 Å². The summed E-state index contributed by atoms with van der Waals surface area (Å²) in [5, 5.41) is 8.89. The second-order valence-corrected chi connectivity index (χ2v) is 4.17. The molecule has 1 rings (SSSR count). The molecule has 0 spiro atoms. The summed E-state index contributed by atoms with van der Waals surface area (Å²) in [4.78, 5) is 12.7. The van der Waals surface area contributed by atoms with E-state index in [0.29, 0.717) is 13.1 Å². The summed E-state index contributed by atoms with van der Waals surface area (Å²) in [6, 6.07) is 1.65. The van der Waals surface area contributed by atoms with Gasteiger partial charge in [0.2, 0.25) is 5.91 Å². The number of hydrogen-bond acceptors (Lipinski definition) is 4. The van der Waals surface area contributed by atoms with Gasteiger partial charge in [0, 0.05) is 13.1 Å². The number of nitriles is 1. The fourth-order valence-corrected chi connectivity index (χ4v) is 1.67. The normalized spacial score (nSPS) is 29.8. The Morgan fingerprint density at radius 3 is 2.86 bits per heavy atom. The zero-order valence-electron chi connectivity index (χ0n) is 8.36. The molecule has 0 aromatic rings. The Morgan fingerprint density at radius 2 is 2.43 bits per heavy atom. The Morgan fingerprint density at radius 1 is 1.79 bits per heavy atom. The molecule has 0 aromatic carbocycles. The van der Waals surface area contributed by atoms with Crippen LogP contribution in [0.3, 0.4) is 0 Å². The Labute approximate surface area is 83.6 Å². The summed E-state index contributed by atoms with van der Waals surface area (Å²) in [7, 11) is 0. The van der Waals surface area contributed by atoms with Crippen molar-refractivity contribution in [3.05, 3.63) is 0 Å². The average molecular weight is 196 g/mol. The van der Waals surface area contributed by atoms with E-state index >= 15 is 0 Å². The number of likely N-dealkylation sites (tertiary alicyclic amines) is 1. The predicted octanol–water partition coefficient (Wildman–Crippen LogP) is -0.965. The van der Waals surface area contributed by atoms with Crippen LogP contribution in [0.1, 0.15) is 13.3 Å². The fraction of sp³-hybridized carbons (Fsp3) is 0.778. The lowest BCUT2D eigenvalue weighted by Crippen LogP contribution is -2.45. The Hall–Kier alpha value is -1.12. The van der Waals surface area contributed by atoms with Gasteiger partial charge in [-0.3, -0.25) is 9.69 Å².